The summed E-state index contributed by atoms with van der Waals surface area (Å²) in [5.41, 5.74) is 0. The maximum atomic E-state index is 12.3. The molecule has 2 rings (SSSR count). The van der Waals surface area contributed by atoms with E-state index in [0.717, 1.165) is 4.31 Å². The Hall–Kier alpha value is -0.960. The number of carboxylic acid groups (broad SMARTS) is 1. The van der Waals surface area contributed by atoms with Gasteiger partial charge in [-0.15, -0.1) is 0 Å². The molecule has 1 heterocycles. The fourth-order valence-corrected chi connectivity index (χ4v) is 3.90. The van der Waals surface area contributed by atoms with Gasteiger partial charge in [-0.05, 0) is 30.7 Å². The number of hydrogen-bond acceptors (Lipinski definition) is 5. The number of aliphatic hydroxyl groups is 1. The number of β-amino-alcohol motifs (C(OH)–C–C–N with tert-alkyl or cyclic N) is 1. The molecule has 0 unspecified atom stereocenters. The summed E-state index contributed by atoms with van der Waals surface area (Å²) in [4.78, 5) is 10.9. The van der Waals surface area contributed by atoms with Gasteiger partial charge in [-0.3, -0.25) is 0 Å². The van der Waals surface area contributed by atoms with Crippen LogP contribution in [0.5, 0.6) is 0 Å². The summed E-state index contributed by atoms with van der Waals surface area (Å²) in [6.45, 7) is -0.239. The minimum Gasteiger partial charge on any atom is -0.548 e. The van der Waals surface area contributed by atoms with E-state index in [9.17, 15) is 23.4 Å². The molecule has 0 spiro atoms. The van der Waals surface area contributed by atoms with Crippen molar-refractivity contribution in [2.45, 2.75) is 23.5 Å². The van der Waals surface area contributed by atoms with E-state index >= 15 is 0 Å². The van der Waals surface area contributed by atoms with Gasteiger partial charge < -0.3 is 15.0 Å². The second-order valence-electron chi connectivity index (χ2n) is 4.25. The Morgan fingerprint density at radius 3 is 2.47 bits per heavy atom. The number of rotatable bonds is 3. The Morgan fingerprint density at radius 1 is 1.37 bits per heavy atom. The van der Waals surface area contributed by atoms with Gasteiger partial charge in [-0.2, -0.15) is 4.31 Å². The van der Waals surface area contributed by atoms with E-state index in [4.69, 9.17) is 0 Å². The van der Waals surface area contributed by atoms with Crippen LogP contribution in [0.3, 0.4) is 0 Å². The highest BCUT2D eigenvalue weighted by Gasteiger charge is 2.40. The van der Waals surface area contributed by atoms with Gasteiger partial charge in [0.1, 0.15) is 0 Å². The van der Waals surface area contributed by atoms with Gasteiger partial charge >= 0.3 is 0 Å². The predicted molar refractivity (Wildman–Crippen MR) is 67.5 cm³/mol. The topological polar surface area (TPSA) is 97.7 Å². The van der Waals surface area contributed by atoms with Crippen molar-refractivity contribution in [1.29, 1.82) is 0 Å². The number of carbonyl (C=O) groups is 1. The molecular weight excluding hydrogens is 338 g/mol. The summed E-state index contributed by atoms with van der Waals surface area (Å²) < 4.78 is 26.1. The van der Waals surface area contributed by atoms with Crippen molar-refractivity contribution >= 4 is 31.9 Å². The van der Waals surface area contributed by atoms with Crippen molar-refractivity contribution in [2.75, 3.05) is 6.54 Å². The molecule has 2 atom stereocenters. The smallest absolute Gasteiger partial charge is 0.243 e. The third kappa shape index (κ3) is 2.81. The van der Waals surface area contributed by atoms with Crippen LogP contribution < -0.4 is 5.11 Å². The number of aliphatic carboxylic acids is 1. The summed E-state index contributed by atoms with van der Waals surface area (Å²) in [5, 5.41) is 20.4. The molecule has 19 heavy (non-hydrogen) atoms. The first-order chi connectivity index (χ1) is 8.82. The molecule has 104 valence electrons. The average molecular weight is 349 g/mol. The van der Waals surface area contributed by atoms with Crippen molar-refractivity contribution in [3.05, 3.63) is 28.7 Å². The van der Waals surface area contributed by atoms with E-state index in [0.29, 0.717) is 4.47 Å². The second-order valence-corrected chi connectivity index (χ2v) is 7.06. The van der Waals surface area contributed by atoms with Gasteiger partial charge in [0.2, 0.25) is 10.0 Å². The van der Waals surface area contributed by atoms with Crippen LogP contribution in [0.1, 0.15) is 6.42 Å². The normalized spacial score (nSPS) is 24.5. The molecule has 0 amide bonds. The highest BCUT2D eigenvalue weighted by atomic mass is 79.9. The van der Waals surface area contributed by atoms with Crippen molar-refractivity contribution in [3.8, 4) is 0 Å². The van der Waals surface area contributed by atoms with Crippen LogP contribution in [0, 0.1) is 0 Å². The number of aliphatic hydroxyl groups excluding tert-OH is 1. The SMILES string of the molecule is O=C([O-])[C@H]1C[C@@H](O)CN1S(=O)(=O)c1ccc(Br)cc1. The van der Waals surface area contributed by atoms with E-state index in [1.165, 1.54) is 12.1 Å². The van der Waals surface area contributed by atoms with Crippen LogP contribution in [0.25, 0.3) is 0 Å². The zero-order valence-corrected chi connectivity index (χ0v) is 12.1. The Balaban J connectivity index is 2.38. The van der Waals surface area contributed by atoms with Gasteiger partial charge in [0, 0.05) is 11.0 Å². The monoisotopic (exact) mass is 348 g/mol. The summed E-state index contributed by atoms with van der Waals surface area (Å²) in [5.74, 6) is -1.50. The maximum Gasteiger partial charge on any atom is 0.243 e. The van der Waals surface area contributed by atoms with Crippen LogP contribution >= 0.6 is 15.9 Å². The third-order valence-electron chi connectivity index (χ3n) is 2.93. The first-order valence-corrected chi connectivity index (χ1v) is 7.72. The first-order valence-electron chi connectivity index (χ1n) is 5.48. The minimum absolute atomic E-state index is 0.0175. The van der Waals surface area contributed by atoms with E-state index in [2.05, 4.69) is 15.9 Å². The highest BCUT2D eigenvalue weighted by Crippen LogP contribution is 2.26. The number of sulfonamides is 1. The molecule has 1 fully saturated rings. The van der Waals surface area contributed by atoms with Crippen LogP contribution in [-0.4, -0.2) is 42.5 Å². The first kappa shape index (κ1) is 14.4. The predicted octanol–water partition coefficient (Wildman–Crippen LogP) is -0.677. The van der Waals surface area contributed by atoms with Gasteiger partial charge in [-0.1, -0.05) is 15.9 Å². The molecule has 0 aromatic heterocycles. The molecule has 1 saturated heterocycles. The Kier molecular flexibility index (Phi) is 3.95. The van der Waals surface area contributed by atoms with Gasteiger partial charge in [0.25, 0.3) is 0 Å². The van der Waals surface area contributed by atoms with Crippen LogP contribution in [0.2, 0.25) is 0 Å². The molecule has 0 aliphatic carbocycles. The molecule has 6 nitrogen and oxygen atoms in total. The molecule has 1 aliphatic heterocycles. The number of halogens is 1. The average Bonchev–Trinajstić information content (AvgIpc) is 2.73. The number of hydrogen-bond donors (Lipinski definition) is 1. The lowest BCUT2D eigenvalue weighted by Gasteiger charge is -2.24. The van der Waals surface area contributed by atoms with Crippen molar-refractivity contribution in [3.63, 3.8) is 0 Å². The zero-order chi connectivity index (χ0) is 14.2. The molecular formula is C11H11BrNO5S-. The fraction of sp³-hybridized carbons (Fsp3) is 0.364. The zero-order valence-electron chi connectivity index (χ0n) is 9.69. The quantitative estimate of drug-likeness (QED) is 0.780. The van der Waals surface area contributed by atoms with Crippen molar-refractivity contribution < 1.29 is 23.4 Å². The molecule has 8 heteroatoms. The molecule has 1 aliphatic rings. The summed E-state index contributed by atoms with van der Waals surface area (Å²) in [6.07, 6.45) is -1.15. The molecule has 0 bridgehead atoms. The van der Waals surface area contributed by atoms with E-state index in [1.54, 1.807) is 12.1 Å². The van der Waals surface area contributed by atoms with E-state index in [1.807, 2.05) is 0 Å². The standard InChI is InChI=1S/C11H12BrNO5S/c12-7-1-3-9(4-2-7)19(17,18)13-6-8(14)5-10(13)11(15)16/h1-4,8,10,14H,5-6H2,(H,15,16)/p-1/t8-,10-/m1/s1. The lowest BCUT2D eigenvalue weighted by molar-refractivity contribution is -0.309. The summed E-state index contributed by atoms with van der Waals surface area (Å²) in [6, 6.07) is 4.51. The van der Waals surface area contributed by atoms with E-state index in [-0.39, 0.29) is 17.9 Å². The molecule has 1 aromatic carbocycles. The molecule has 0 radical (unpaired) electrons. The van der Waals surface area contributed by atoms with Gasteiger partial charge in [0.15, 0.2) is 0 Å². The van der Waals surface area contributed by atoms with Crippen LogP contribution in [0.15, 0.2) is 33.6 Å². The van der Waals surface area contributed by atoms with Crippen LogP contribution in [0.4, 0.5) is 0 Å². The van der Waals surface area contributed by atoms with E-state index < -0.39 is 28.1 Å². The van der Waals surface area contributed by atoms with Gasteiger partial charge in [-0.25, -0.2) is 8.42 Å². The summed E-state index contributed by atoms with van der Waals surface area (Å²) >= 11 is 3.19. The Bertz CT molecular complexity index is 586. The lowest BCUT2D eigenvalue weighted by Crippen LogP contribution is -2.46. The Morgan fingerprint density at radius 2 is 1.95 bits per heavy atom. The number of carboxylic acids is 1. The lowest BCUT2D eigenvalue weighted by atomic mass is 10.2. The van der Waals surface area contributed by atoms with Crippen LogP contribution in [-0.2, 0) is 14.8 Å². The number of carbonyl (C=O) groups excluding carboxylic acids is 1. The van der Waals surface area contributed by atoms with Crippen molar-refractivity contribution in [2.24, 2.45) is 0 Å². The minimum atomic E-state index is -3.95. The van der Waals surface area contributed by atoms with Gasteiger partial charge in [0.05, 0.1) is 23.0 Å². The largest absolute Gasteiger partial charge is 0.548 e. The maximum absolute atomic E-state index is 12.3. The molecule has 1 N–H and O–H groups in total. The Labute approximate surface area is 118 Å². The highest BCUT2D eigenvalue weighted by molar-refractivity contribution is 9.10. The van der Waals surface area contributed by atoms with Crippen molar-refractivity contribution in [1.82, 2.24) is 4.31 Å². The third-order valence-corrected chi connectivity index (χ3v) is 5.34. The number of benzene rings is 1. The second kappa shape index (κ2) is 5.20. The molecule has 1 aromatic rings. The number of nitrogens with zero attached hydrogens (tertiary/aromatic N) is 1. The summed E-state index contributed by atoms with van der Waals surface area (Å²) in [7, 11) is -3.95. The fourth-order valence-electron chi connectivity index (χ4n) is 2.01. The molecule has 0 saturated carbocycles.